The number of benzene rings is 2. The van der Waals surface area contributed by atoms with Crippen molar-refractivity contribution in [3.63, 3.8) is 0 Å². The van der Waals surface area contributed by atoms with Gasteiger partial charge in [-0.1, -0.05) is 24.3 Å². The minimum Gasteiger partial charge on any atom is -0.508 e. The number of nitrogens with zero attached hydrogens (tertiary/aromatic N) is 2. The third kappa shape index (κ3) is 2.11. The zero-order valence-corrected chi connectivity index (χ0v) is 11.6. The molecule has 1 atom stereocenters. The van der Waals surface area contributed by atoms with Crippen LogP contribution in [0.2, 0.25) is 0 Å². The van der Waals surface area contributed by atoms with Crippen LogP contribution in [0.1, 0.15) is 12.5 Å². The van der Waals surface area contributed by atoms with Crippen molar-refractivity contribution in [1.82, 2.24) is 0 Å². The lowest BCUT2D eigenvalue weighted by Gasteiger charge is -2.36. The van der Waals surface area contributed by atoms with Crippen LogP contribution in [-0.4, -0.2) is 17.6 Å². The fourth-order valence-electron chi connectivity index (χ4n) is 2.71. The van der Waals surface area contributed by atoms with E-state index in [0.717, 1.165) is 5.56 Å². The maximum atomic E-state index is 14.2. The summed E-state index contributed by atoms with van der Waals surface area (Å²) in [4.78, 5) is 5.94. The Bertz CT molecular complexity index is 716. The van der Waals surface area contributed by atoms with Crippen molar-refractivity contribution in [3.8, 4) is 5.75 Å². The largest absolute Gasteiger partial charge is 0.508 e. The molecule has 1 unspecified atom stereocenters. The highest BCUT2D eigenvalue weighted by Gasteiger charge is 2.41. The molecule has 2 aromatic rings. The summed E-state index contributed by atoms with van der Waals surface area (Å²) in [6.45, 7) is 2.33. The normalized spacial score (nSPS) is 21.4. The number of hydrogen-bond acceptors (Lipinski definition) is 4. The van der Waals surface area contributed by atoms with Gasteiger partial charge in [0.1, 0.15) is 11.6 Å². The smallest absolute Gasteiger partial charge is 0.196 e. The van der Waals surface area contributed by atoms with E-state index < -0.39 is 5.54 Å². The van der Waals surface area contributed by atoms with E-state index in [4.69, 9.17) is 5.73 Å². The highest BCUT2D eigenvalue weighted by molar-refractivity contribution is 5.98. The average molecular weight is 285 g/mol. The Labute approximate surface area is 122 Å². The molecule has 2 aromatic carbocycles. The van der Waals surface area contributed by atoms with Crippen LogP contribution in [0.3, 0.4) is 0 Å². The van der Waals surface area contributed by atoms with Crippen LogP contribution in [0.15, 0.2) is 53.5 Å². The Hall–Kier alpha value is -2.56. The lowest BCUT2D eigenvalue weighted by Crippen LogP contribution is -2.48. The van der Waals surface area contributed by atoms with Crippen LogP contribution in [0.5, 0.6) is 5.75 Å². The summed E-state index contributed by atoms with van der Waals surface area (Å²) < 4.78 is 14.2. The first-order valence-electron chi connectivity index (χ1n) is 6.66. The SMILES string of the molecule is CC1(c2cccc(O)c2)CN=C(N)N1c1ccccc1F. The lowest BCUT2D eigenvalue weighted by molar-refractivity contribution is 0.467. The minimum absolute atomic E-state index is 0.160. The molecule has 0 amide bonds. The molecule has 0 fully saturated rings. The number of halogens is 1. The molecule has 4 nitrogen and oxygen atoms in total. The Morgan fingerprint density at radius 2 is 2.00 bits per heavy atom. The van der Waals surface area contributed by atoms with Gasteiger partial charge < -0.3 is 10.8 Å². The number of anilines is 1. The van der Waals surface area contributed by atoms with Crippen molar-refractivity contribution in [2.45, 2.75) is 12.5 Å². The predicted molar refractivity (Wildman–Crippen MR) is 80.8 cm³/mol. The number of guanidine groups is 1. The summed E-state index contributed by atoms with van der Waals surface area (Å²) in [7, 11) is 0. The Balaban J connectivity index is 2.13. The number of hydrogen-bond donors (Lipinski definition) is 2. The van der Waals surface area contributed by atoms with Crippen molar-refractivity contribution in [3.05, 3.63) is 59.9 Å². The third-order valence-electron chi connectivity index (χ3n) is 3.83. The lowest BCUT2D eigenvalue weighted by atomic mass is 9.90. The van der Waals surface area contributed by atoms with Gasteiger partial charge in [0, 0.05) is 0 Å². The van der Waals surface area contributed by atoms with E-state index in [0.29, 0.717) is 12.2 Å². The number of phenolic OH excluding ortho intramolecular Hbond substituents is 1. The van der Waals surface area contributed by atoms with Crippen molar-refractivity contribution in [2.75, 3.05) is 11.4 Å². The predicted octanol–water partition coefficient (Wildman–Crippen LogP) is 2.58. The number of aliphatic imine (C=N–C) groups is 1. The second-order valence-corrected chi connectivity index (χ2v) is 5.29. The van der Waals surface area contributed by atoms with E-state index in [2.05, 4.69) is 4.99 Å². The number of aromatic hydroxyl groups is 1. The molecule has 0 aromatic heterocycles. The van der Waals surface area contributed by atoms with Gasteiger partial charge in [0.15, 0.2) is 5.96 Å². The van der Waals surface area contributed by atoms with Crippen molar-refractivity contribution >= 4 is 11.6 Å². The van der Waals surface area contributed by atoms with Crippen LogP contribution in [0, 0.1) is 5.82 Å². The Morgan fingerprint density at radius 3 is 2.71 bits per heavy atom. The van der Waals surface area contributed by atoms with Gasteiger partial charge in [-0.25, -0.2) is 4.39 Å². The fraction of sp³-hybridized carbons (Fsp3) is 0.188. The van der Waals surface area contributed by atoms with Crippen molar-refractivity contribution in [1.29, 1.82) is 0 Å². The molecule has 0 bridgehead atoms. The Morgan fingerprint density at radius 1 is 1.24 bits per heavy atom. The monoisotopic (exact) mass is 285 g/mol. The zero-order valence-electron chi connectivity index (χ0n) is 11.6. The summed E-state index contributed by atoms with van der Waals surface area (Å²) in [6, 6.07) is 13.3. The first-order valence-corrected chi connectivity index (χ1v) is 6.66. The van der Waals surface area contributed by atoms with Gasteiger partial charge >= 0.3 is 0 Å². The van der Waals surface area contributed by atoms with E-state index in [9.17, 15) is 9.50 Å². The molecule has 1 aliphatic heterocycles. The third-order valence-corrected chi connectivity index (χ3v) is 3.83. The maximum absolute atomic E-state index is 14.2. The van der Waals surface area contributed by atoms with E-state index in [-0.39, 0.29) is 17.5 Å². The minimum atomic E-state index is -0.634. The van der Waals surface area contributed by atoms with E-state index in [1.807, 2.05) is 13.0 Å². The van der Waals surface area contributed by atoms with Gasteiger partial charge in [0.25, 0.3) is 0 Å². The number of rotatable bonds is 2. The molecule has 108 valence electrons. The molecule has 0 aliphatic carbocycles. The van der Waals surface area contributed by atoms with Gasteiger partial charge in [-0.3, -0.25) is 9.89 Å². The second-order valence-electron chi connectivity index (χ2n) is 5.29. The van der Waals surface area contributed by atoms with E-state index in [1.54, 1.807) is 41.3 Å². The summed E-state index contributed by atoms with van der Waals surface area (Å²) in [6.07, 6.45) is 0. The molecule has 0 spiro atoms. The van der Waals surface area contributed by atoms with Crippen molar-refractivity contribution in [2.24, 2.45) is 10.7 Å². The highest BCUT2D eigenvalue weighted by atomic mass is 19.1. The van der Waals surface area contributed by atoms with Gasteiger partial charge in [-0.15, -0.1) is 0 Å². The topological polar surface area (TPSA) is 61.9 Å². The second kappa shape index (κ2) is 4.77. The molecular formula is C16H16FN3O. The summed E-state index contributed by atoms with van der Waals surface area (Å²) >= 11 is 0. The quantitative estimate of drug-likeness (QED) is 0.891. The Kier molecular flexibility index (Phi) is 3.05. The average Bonchev–Trinajstić information content (AvgIpc) is 2.77. The number of nitrogens with two attached hydrogens (primary N) is 1. The molecule has 0 radical (unpaired) electrons. The van der Waals surface area contributed by atoms with Crippen LogP contribution in [0.4, 0.5) is 10.1 Å². The highest BCUT2D eigenvalue weighted by Crippen LogP contribution is 2.38. The van der Waals surface area contributed by atoms with Crippen molar-refractivity contribution < 1.29 is 9.50 Å². The first kappa shape index (κ1) is 13.4. The summed E-state index contributed by atoms with van der Waals surface area (Å²) in [5.74, 6) is 0.0718. The molecule has 5 heteroatoms. The molecular weight excluding hydrogens is 269 g/mol. The molecule has 0 saturated carbocycles. The van der Waals surface area contributed by atoms with Crippen LogP contribution < -0.4 is 10.6 Å². The molecule has 1 aliphatic rings. The van der Waals surface area contributed by atoms with Gasteiger partial charge in [-0.2, -0.15) is 0 Å². The number of para-hydroxylation sites is 1. The van der Waals surface area contributed by atoms with Gasteiger partial charge in [-0.05, 0) is 36.8 Å². The molecule has 1 heterocycles. The first-order chi connectivity index (χ1) is 10.0. The molecule has 0 saturated heterocycles. The fourth-order valence-corrected chi connectivity index (χ4v) is 2.71. The summed E-state index contributed by atoms with van der Waals surface area (Å²) in [5, 5.41) is 9.70. The van der Waals surface area contributed by atoms with E-state index >= 15 is 0 Å². The zero-order chi connectivity index (χ0) is 15.0. The van der Waals surface area contributed by atoms with E-state index in [1.165, 1.54) is 6.07 Å². The van der Waals surface area contributed by atoms with Gasteiger partial charge in [0.2, 0.25) is 0 Å². The molecule has 3 rings (SSSR count). The van der Waals surface area contributed by atoms with Crippen LogP contribution in [0.25, 0.3) is 0 Å². The standard InChI is InChI=1S/C16H16FN3O/c1-16(11-5-4-6-12(21)9-11)10-19-15(18)20(16)14-8-3-2-7-13(14)17/h2-9,21H,10H2,1H3,(H2,18,19). The summed E-state index contributed by atoms with van der Waals surface area (Å²) in [5.41, 5.74) is 6.55. The van der Waals surface area contributed by atoms with Gasteiger partial charge in [0.05, 0.1) is 17.8 Å². The maximum Gasteiger partial charge on any atom is 0.196 e. The van der Waals surface area contributed by atoms with Crippen LogP contribution >= 0.6 is 0 Å². The molecule has 21 heavy (non-hydrogen) atoms. The van der Waals surface area contributed by atoms with Crippen LogP contribution in [-0.2, 0) is 5.54 Å². The number of phenols is 1. The molecule has 3 N–H and O–H groups in total.